The molecule has 21 heavy (non-hydrogen) atoms. The Balaban J connectivity index is 2.46. The van der Waals surface area contributed by atoms with Crippen LogP contribution in [0.1, 0.15) is 38.8 Å². The molecule has 1 nitrogen and oxygen atoms in total. The van der Waals surface area contributed by atoms with Crippen molar-refractivity contribution in [2.75, 3.05) is 0 Å². The van der Waals surface area contributed by atoms with E-state index in [0.29, 0.717) is 0 Å². The topological polar surface area (TPSA) is 17.1 Å². The van der Waals surface area contributed by atoms with Crippen LogP contribution in [0.15, 0.2) is 60.7 Å². The van der Waals surface area contributed by atoms with E-state index in [4.69, 9.17) is 0 Å². The summed E-state index contributed by atoms with van der Waals surface area (Å²) in [7, 11) is 0. The van der Waals surface area contributed by atoms with Crippen molar-refractivity contribution in [1.29, 1.82) is 0 Å². The van der Waals surface area contributed by atoms with E-state index in [-0.39, 0.29) is 17.3 Å². The Kier molecular flexibility index (Phi) is 4.36. The molecule has 0 aliphatic carbocycles. The number of carbonyl (C=O) groups excluding carboxylic acids is 1. The average molecular weight is 277 g/mol. The first-order chi connectivity index (χ1) is 9.90. The summed E-state index contributed by atoms with van der Waals surface area (Å²) in [5.41, 5.74) is 2.34. The Bertz CT molecular complexity index is 536. The minimum Gasteiger partial charge on any atom is -0.304 e. The highest BCUT2D eigenvalue weighted by molar-refractivity contribution is 6.88. The summed E-state index contributed by atoms with van der Waals surface area (Å²) in [5.74, 6) is 0. The van der Waals surface area contributed by atoms with Crippen molar-refractivity contribution < 1.29 is 4.79 Å². The van der Waals surface area contributed by atoms with Crippen molar-refractivity contribution in [2.45, 2.75) is 38.3 Å². The molecule has 0 atom stereocenters. The second kappa shape index (κ2) is 5.89. The van der Waals surface area contributed by atoms with Crippen LogP contribution in [-0.4, -0.2) is 12.9 Å². The summed E-state index contributed by atoms with van der Waals surface area (Å²) < 4.78 is 0. The lowest BCUT2D eigenvalue weighted by Crippen LogP contribution is -2.53. The highest BCUT2D eigenvalue weighted by atomic mass is 16.1. The standard InChI is InChI=1S/C19H22BO/c1-18(2,16-11-7-5-8-12-16)20(15-21)19(3,4)17-13-9-6-10-14-17/h5-14H,1-4H3. The number of hydrogen-bond donors (Lipinski definition) is 0. The Morgan fingerprint density at radius 3 is 1.33 bits per heavy atom. The van der Waals surface area contributed by atoms with Gasteiger partial charge in [0, 0.05) is 0 Å². The summed E-state index contributed by atoms with van der Waals surface area (Å²) in [6, 6.07) is 20.4. The van der Waals surface area contributed by atoms with Gasteiger partial charge >= 0.3 is 0 Å². The van der Waals surface area contributed by atoms with Crippen LogP contribution in [0.25, 0.3) is 0 Å². The fourth-order valence-corrected chi connectivity index (χ4v) is 3.27. The zero-order chi connectivity index (χ0) is 15.5. The molecule has 0 unspecified atom stereocenters. The molecule has 0 heterocycles. The van der Waals surface area contributed by atoms with E-state index in [1.807, 2.05) is 36.4 Å². The maximum Gasteiger partial charge on any atom is 0.253 e. The van der Waals surface area contributed by atoms with Crippen LogP contribution in [0.2, 0.25) is 0 Å². The molecule has 0 bridgehead atoms. The van der Waals surface area contributed by atoms with Gasteiger partial charge in [-0.1, -0.05) is 88.4 Å². The van der Waals surface area contributed by atoms with E-state index in [9.17, 15) is 4.79 Å². The molecule has 0 fully saturated rings. The minimum atomic E-state index is -0.275. The van der Waals surface area contributed by atoms with E-state index in [2.05, 4.69) is 58.1 Å². The number of benzene rings is 2. The van der Waals surface area contributed by atoms with Gasteiger partial charge in [-0.05, 0) is 21.8 Å². The lowest BCUT2D eigenvalue weighted by molar-refractivity contribution is 0.558. The smallest absolute Gasteiger partial charge is 0.253 e. The summed E-state index contributed by atoms with van der Waals surface area (Å²) in [6.07, 6.45) is 2.33. The predicted molar refractivity (Wildman–Crippen MR) is 90.4 cm³/mol. The third-order valence-corrected chi connectivity index (χ3v) is 4.60. The molecular weight excluding hydrogens is 255 g/mol. The normalized spacial score (nSPS) is 12.0. The summed E-state index contributed by atoms with van der Waals surface area (Å²) >= 11 is 0. The summed E-state index contributed by atoms with van der Waals surface area (Å²) in [5, 5.41) is -0.551. The SMILES string of the molecule is CC(C)(B([C]=O)C(C)(C)c1ccccc1)c1ccccc1. The molecule has 0 aliphatic rings. The number of hydrogen-bond acceptors (Lipinski definition) is 1. The fourth-order valence-electron chi connectivity index (χ4n) is 3.27. The van der Waals surface area contributed by atoms with Gasteiger partial charge in [-0.2, -0.15) is 0 Å². The van der Waals surface area contributed by atoms with Gasteiger partial charge in [0.2, 0.25) is 0 Å². The molecule has 0 saturated carbocycles. The van der Waals surface area contributed by atoms with Gasteiger partial charge in [0.1, 0.15) is 6.19 Å². The van der Waals surface area contributed by atoms with Crippen LogP contribution < -0.4 is 0 Å². The van der Waals surface area contributed by atoms with E-state index < -0.39 is 0 Å². The third kappa shape index (κ3) is 2.95. The maximum absolute atomic E-state index is 11.8. The zero-order valence-electron chi connectivity index (χ0n) is 13.3. The van der Waals surface area contributed by atoms with Gasteiger partial charge in [-0.25, -0.2) is 0 Å². The summed E-state index contributed by atoms with van der Waals surface area (Å²) in [6.45, 7) is 8.28. The van der Waals surface area contributed by atoms with Gasteiger partial charge in [0.25, 0.3) is 6.71 Å². The van der Waals surface area contributed by atoms with Gasteiger partial charge in [-0.15, -0.1) is 0 Å². The van der Waals surface area contributed by atoms with E-state index in [1.54, 1.807) is 0 Å². The molecule has 0 N–H and O–H groups in total. The molecule has 0 spiro atoms. The Morgan fingerprint density at radius 1 is 0.714 bits per heavy atom. The van der Waals surface area contributed by atoms with Crippen LogP contribution in [0.5, 0.6) is 0 Å². The van der Waals surface area contributed by atoms with Gasteiger partial charge in [0.05, 0.1) is 0 Å². The van der Waals surface area contributed by atoms with E-state index >= 15 is 0 Å². The van der Waals surface area contributed by atoms with Crippen LogP contribution in [0.4, 0.5) is 0 Å². The lowest BCUT2D eigenvalue weighted by Gasteiger charge is -2.39. The highest BCUT2D eigenvalue weighted by Gasteiger charge is 2.46. The molecule has 0 aliphatic heterocycles. The van der Waals surface area contributed by atoms with Crippen LogP contribution >= 0.6 is 0 Å². The molecule has 107 valence electrons. The zero-order valence-corrected chi connectivity index (χ0v) is 13.3. The first-order valence-electron chi connectivity index (χ1n) is 7.39. The predicted octanol–water partition coefficient (Wildman–Crippen LogP) is 4.16. The molecule has 2 aromatic carbocycles. The largest absolute Gasteiger partial charge is 0.304 e. The fraction of sp³-hybridized carbons (Fsp3) is 0.316. The molecule has 2 rings (SSSR count). The number of rotatable bonds is 5. The minimum absolute atomic E-state index is 0.227. The maximum atomic E-state index is 11.8. The van der Waals surface area contributed by atoms with E-state index in [0.717, 1.165) is 0 Å². The molecule has 0 saturated heterocycles. The summed E-state index contributed by atoms with van der Waals surface area (Å²) in [4.78, 5) is 11.8. The molecular formula is C19H22BO. The lowest BCUT2D eigenvalue weighted by atomic mass is 9.22. The second-order valence-electron chi connectivity index (χ2n) is 6.73. The van der Waals surface area contributed by atoms with Gasteiger partial charge < -0.3 is 4.79 Å². The van der Waals surface area contributed by atoms with Crippen LogP contribution in [-0.2, 0) is 15.4 Å². The average Bonchev–Trinajstić information content (AvgIpc) is 2.49. The van der Waals surface area contributed by atoms with Crippen molar-refractivity contribution in [2.24, 2.45) is 0 Å². The quantitative estimate of drug-likeness (QED) is 0.750. The monoisotopic (exact) mass is 277 g/mol. The molecule has 2 aromatic rings. The molecule has 0 amide bonds. The first-order valence-corrected chi connectivity index (χ1v) is 7.39. The third-order valence-electron chi connectivity index (χ3n) is 4.60. The Hall–Kier alpha value is -1.83. The first kappa shape index (κ1) is 15.6. The van der Waals surface area contributed by atoms with Gasteiger partial charge in [0.15, 0.2) is 0 Å². The Morgan fingerprint density at radius 2 is 1.05 bits per heavy atom. The molecule has 0 aromatic heterocycles. The van der Waals surface area contributed by atoms with Crippen molar-refractivity contribution >= 4 is 12.9 Å². The highest BCUT2D eigenvalue weighted by Crippen LogP contribution is 2.36. The Labute approximate surface area is 128 Å². The van der Waals surface area contributed by atoms with E-state index in [1.165, 1.54) is 11.1 Å². The molecule has 2 heteroatoms. The van der Waals surface area contributed by atoms with Gasteiger partial charge in [-0.3, -0.25) is 0 Å². The van der Waals surface area contributed by atoms with Crippen molar-refractivity contribution in [3.8, 4) is 0 Å². The van der Waals surface area contributed by atoms with Crippen molar-refractivity contribution in [3.05, 3.63) is 71.8 Å². The molecule has 1 radical (unpaired) electrons. The van der Waals surface area contributed by atoms with Crippen molar-refractivity contribution in [1.82, 2.24) is 0 Å². The van der Waals surface area contributed by atoms with Crippen LogP contribution in [0.3, 0.4) is 0 Å². The van der Waals surface area contributed by atoms with Crippen molar-refractivity contribution in [3.63, 3.8) is 0 Å². The van der Waals surface area contributed by atoms with Crippen LogP contribution in [0, 0.1) is 0 Å². The second-order valence-corrected chi connectivity index (χ2v) is 6.73.